The van der Waals surface area contributed by atoms with Crippen molar-refractivity contribution in [2.75, 3.05) is 18.4 Å². The van der Waals surface area contributed by atoms with E-state index in [1.807, 2.05) is 0 Å². The van der Waals surface area contributed by atoms with Crippen molar-refractivity contribution in [2.45, 2.75) is 13.0 Å². The van der Waals surface area contributed by atoms with Crippen LogP contribution in [-0.2, 0) is 6.54 Å². The molecular formula is C21H19F3N6O2. The van der Waals surface area contributed by atoms with Crippen LogP contribution in [0.15, 0.2) is 45.7 Å². The molecule has 2 heterocycles. The summed E-state index contributed by atoms with van der Waals surface area (Å²) in [6, 6.07) is 6.15. The molecule has 0 saturated carbocycles. The van der Waals surface area contributed by atoms with Gasteiger partial charge in [-0.25, -0.2) is 18.2 Å². The molecule has 0 spiro atoms. The van der Waals surface area contributed by atoms with Crippen molar-refractivity contribution in [3.63, 3.8) is 0 Å². The van der Waals surface area contributed by atoms with E-state index in [1.165, 1.54) is 12.3 Å². The largest absolute Gasteiger partial charge is 0.423 e. The molecule has 0 fully saturated rings. The fourth-order valence-corrected chi connectivity index (χ4v) is 3.05. The van der Waals surface area contributed by atoms with Gasteiger partial charge in [0.25, 0.3) is 5.56 Å². The quantitative estimate of drug-likeness (QED) is 0.308. The van der Waals surface area contributed by atoms with Gasteiger partial charge in [-0.1, -0.05) is 12.1 Å². The average Bonchev–Trinajstić information content (AvgIpc) is 3.13. The van der Waals surface area contributed by atoms with Gasteiger partial charge in [0, 0.05) is 30.4 Å². The van der Waals surface area contributed by atoms with Crippen molar-refractivity contribution in [1.82, 2.24) is 20.3 Å². The second-order valence-electron chi connectivity index (χ2n) is 6.98. The predicted octanol–water partition coefficient (Wildman–Crippen LogP) is 3.18. The minimum Gasteiger partial charge on any atom is -0.423 e. The number of aromatic nitrogens is 3. The summed E-state index contributed by atoms with van der Waals surface area (Å²) < 4.78 is 46.3. The molecule has 4 aromatic rings. The summed E-state index contributed by atoms with van der Waals surface area (Å²) in [6.07, 6.45) is 2.07. The van der Waals surface area contributed by atoms with Crippen LogP contribution in [0.3, 0.4) is 0 Å². The van der Waals surface area contributed by atoms with Crippen molar-refractivity contribution in [3.8, 4) is 11.1 Å². The van der Waals surface area contributed by atoms with Gasteiger partial charge in [-0.2, -0.15) is 4.98 Å². The van der Waals surface area contributed by atoms with Crippen LogP contribution in [-0.4, -0.2) is 28.0 Å². The summed E-state index contributed by atoms with van der Waals surface area (Å²) in [7, 11) is 0. The number of fused-ring (bicyclic) bond motifs is 1. The Morgan fingerprint density at radius 2 is 1.91 bits per heavy atom. The van der Waals surface area contributed by atoms with E-state index in [0.29, 0.717) is 30.8 Å². The Morgan fingerprint density at radius 3 is 2.66 bits per heavy atom. The lowest BCUT2D eigenvalue weighted by atomic mass is 10.1. The Morgan fingerprint density at radius 1 is 1.09 bits per heavy atom. The first-order valence-electron chi connectivity index (χ1n) is 9.76. The molecule has 0 aliphatic heterocycles. The molecule has 0 aliphatic rings. The van der Waals surface area contributed by atoms with Crippen molar-refractivity contribution in [2.24, 2.45) is 5.73 Å². The molecule has 8 nitrogen and oxygen atoms in total. The summed E-state index contributed by atoms with van der Waals surface area (Å²) in [6.45, 7) is 1.58. The smallest absolute Gasteiger partial charge is 0.302 e. The van der Waals surface area contributed by atoms with E-state index in [2.05, 4.69) is 25.6 Å². The highest BCUT2D eigenvalue weighted by atomic mass is 19.2. The normalized spacial score (nSPS) is 11.2. The molecule has 11 heteroatoms. The fraction of sp³-hybridized carbons (Fsp3) is 0.190. The molecule has 4 rings (SSSR count). The Bertz CT molecular complexity index is 1280. The van der Waals surface area contributed by atoms with Gasteiger partial charge in [-0.15, -0.1) is 0 Å². The minimum absolute atomic E-state index is 0.00699. The minimum atomic E-state index is -1.07. The average molecular weight is 444 g/mol. The van der Waals surface area contributed by atoms with E-state index in [1.54, 1.807) is 12.1 Å². The molecule has 0 aliphatic carbocycles. The predicted molar refractivity (Wildman–Crippen MR) is 113 cm³/mol. The van der Waals surface area contributed by atoms with Crippen LogP contribution >= 0.6 is 0 Å². The van der Waals surface area contributed by atoms with Crippen LogP contribution in [0.4, 0.5) is 25.1 Å². The number of nitrogens with zero attached hydrogens (tertiary/aromatic N) is 2. The third-order valence-electron chi connectivity index (χ3n) is 4.69. The van der Waals surface area contributed by atoms with Gasteiger partial charge < -0.3 is 15.5 Å². The number of nitrogens with two attached hydrogens (primary N) is 1. The third-order valence-corrected chi connectivity index (χ3v) is 4.69. The summed E-state index contributed by atoms with van der Waals surface area (Å²) in [5.41, 5.74) is 6.02. The van der Waals surface area contributed by atoms with Gasteiger partial charge in [-0.05, 0) is 31.1 Å². The van der Waals surface area contributed by atoms with Gasteiger partial charge in [0.2, 0.25) is 5.95 Å². The first-order chi connectivity index (χ1) is 15.4. The molecule has 0 radical (unpaired) electrons. The van der Waals surface area contributed by atoms with E-state index < -0.39 is 23.0 Å². The molecule has 32 heavy (non-hydrogen) atoms. The Balaban J connectivity index is 1.51. The summed E-state index contributed by atoms with van der Waals surface area (Å²) in [5, 5.41) is 5.72. The number of hydrogen-bond acceptors (Lipinski definition) is 7. The maximum Gasteiger partial charge on any atom is 0.302 e. The molecule has 0 unspecified atom stereocenters. The number of hydrogen-bond donors (Lipinski definition) is 4. The Labute approximate surface area is 179 Å². The molecule has 0 amide bonds. The van der Waals surface area contributed by atoms with Crippen LogP contribution < -0.4 is 21.9 Å². The van der Waals surface area contributed by atoms with E-state index >= 15 is 0 Å². The third kappa shape index (κ3) is 4.63. The number of halogens is 3. The van der Waals surface area contributed by atoms with Crippen molar-refractivity contribution < 1.29 is 17.6 Å². The van der Waals surface area contributed by atoms with Gasteiger partial charge in [0.15, 0.2) is 17.2 Å². The van der Waals surface area contributed by atoms with Gasteiger partial charge in [0.1, 0.15) is 11.3 Å². The van der Waals surface area contributed by atoms with Gasteiger partial charge in [-0.3, -0.25) is 15.1 Å². The molecular weight excluding hydrogens is 425 g/mol. The zero-order chi connectivity index (χ0) is 22.7. The van der Waals surface area contributed by atoms with Crippen LogP contribution in [0.25, 0.3) is 22.2 Å². The number of oxazole rings is 1. The maximum absolute atomic E-state index is 14.4. The highest BCUT2D eigenvalue weighted by Gasteiger charge is 2.13. The van der Waals surface area contributed by atoms with E-state index in [4.69, 9.17) is 10.2 Å². The maximum atomic E-state index is 14.4. The van der Waals surface area contributed by atoms with E-state index in [9.17, 15) is 18.0 Å². The topological polar surface area (TPSA) is 122 Å². The highest BCUT2D eigenvalue weighted by Crippen LogP contribution is 2.24. The first-order valence-corrected chi connectivity index (χ1v) is 9.76. The van der Waals surface area contributed by atoms with Gasteiger partial charge in [0.05, 0.1) is 5.56 Å². The molecule has 5 N–H and O–H groups in total. The molecule has 2 aromatic heterocycles. The lowest BCUT2D eigenvalue weighted by Crippen LogP contribution is -2.18. The standard InChI is InChI=1S/C21H19F3N6O2/c22-14-6-11(2-3-12(14)9-26-5-1-4-25)13-10-27-20(29-19(13)31)30-21-28-17-7-15(23)16(24)8-18(17)32-21/h2-3,6-8,10,26H,1,4-5,9,25H2,(H2,27,28,29,30,31). The number of nitrogens with one attached hydrogen (secondary N) is 3. The zero-order valence-corrected chi connectivity index (χ0v) is 16.7. The highest BCUT2D eigenvalue weighted by molar-refractivity contribution is 5.75. The lowest BCUT2D eigenvalue weighted by molar-refractivity contribution is 0.508. The Kier molecular flexibility index (Phi) is 6.19. The SMILES string of the molecule is NCCCNCc1ccc(-c2cnc(Nc3nc4cc(F)c(F)cc4o3)[nH]c2=O)cc1F. The summed E-state index contributed by atoms with van der Waals surface area (Å²) in [5.74, 6) is -2.58. The molecule has 166 valence electrons. The number of rotatable bonds is 8. The second-order valence-corrected chi connectivity index (χ2v) is 6.98. The fourth-order valence-electron chi connectivity index (χ4n) is 3.05. The molecule has 2 aromatic carbocycles. The van der Waals surface area contributed by atoms with Crippen molar-refractivity contribution >= 4 is 23.1 Å². The first kappa shape index (κ1) is 21.5. The lowest BCUT2D eigenvalue weighted by Gasteiger charge is -2.08. The molecule has 0 atom stereocenters. The van der Waals surface area contributed by atoms with Crippen LogP contribution in [0.5, 0.6) is 0 Å². The number of benzene rings is 2. The van der Waals surface area contributed by atoms with Crippen LogP contribution in [0, 0.1) is 17.5 Å². The number of H-pyrrole nitrogens is 1. The monoisotopic (exact) mass is 444 g/mol. The van der Waals surface area contributed by atoms with Crippen molar-refractivity contribution in [1.29, 1.82) is 0 Å². The van der Waals surface area contributed by atoms with Gasteiger partial charge >= 0.3 is 6.01 Å². The van der Waals surface area contributed by atoms with E-state index in [0.717, 1.165) is 18.6 Å². The number of aromatic amines is 1. The Hall–Kier alpha value is -3.70. The van der Waals surface area contributed by atoms with Crippen LogP contribution in [0.2, 0.25) is 0 Å². The number of anilines is 2. The zero-order valence-electron chi connectivity index (χ0n) is 16.7. The summed E-state index contributed by atoms with van der Waals surface area (Å²) in [4.78, 5) is 23.0. The second kappa shape index (κ2) is 9.20. The van der Waals surface area contributed by atoms with Crippen LogP contribution in [0.1, 0.15) is 12.0 Å². The molecule has 0 bridgehead atoms. The molecule has 0 saturated heterocycles. The van der Waals surface area contributed by atoms with E-state index in [-0.39, 0.29) is 28.6 Å². The van der Waals surface area contributed by atoms with Crippen molar-refractivity contribution in [3.05, 3.63) is 69.9 Å². The summed E-state index contributed by atoms with van der Waals surface area (Å²) >= 11 is 0.